The van der Waals surface area contributed by atoms with Crippen molar-refractivity contribution in [3.8, 4) is 0 Å². The van der Waals surface area contributed by atoms with Crippen LogP contribution in [0.3, 0.4) is 0 Å². The van der Waals surface area contributed by atoms with Gasteiger partial charge in [0.25, 0.3) is 5.91 Å². The van der Waals surface area contributed by atoms with Gasteiger partial charge in [-0.15, -0.1) is 0 Å². The topological polar surface area (TPSA) is 76.0 Å². The fourth-order valence-corrected chi connectivity index (χ4v) is 3.97. The van der Waals surface area contributed by atoms with E-state index in [0.29, 0.717) is 22.7 Å². The summed E-state index contributed by atoms with van der Waals surface area (Å²) < 4.78 is 1.92. The standard InChI is InChI=1S/C20H18N4O2/c25-19(12-10-22-24(11-12)13-6-8-21-9-7-13)15-4-5-17-18-14(15)2-1-3-16(18)20(26)23-17/h1-5,10-11,13,21H,6-9H2,(H,23,26). The van der Waals surface area contributed by atoms with Crippen LogP contribution in [0.4, 0.5) is 5.69 Å². The van der Waals surface area contributed by atoms with Crippen molar-refractivity contribution >= 4 is 28.2 Å². The quantitative estimate of drug-likeness (QED) is 0.715. The molecule has 5 rings (SSSR count). The van der Waals surface area contributed by atoms with Gasteiger partial charge in [-0.2, -0.15) is 5.10 Å². The van der Waals surface area contributed by atoms with Gasteiger partial charge in [-0.25, -0.2) is 0 Å². The minimum Gasteiger partial charge on any atom is -0.321 e. The predicted octanol–water partition coefficient (Wildman–Crippen LogP) is 2.76. The number of anilines is 1. The lowest BCUT2D eigenvalue weighted by Gasteiger charge is -2.22. The third-order valence-electron chi connectivity index (χ3n) is 5.32. The van der Waals surface area contributed by atoms with Crippen LogP contribution in [0.2, 0.25) is 0 Å². The van der Waals surface area contributed by atoms with Gasteiger partial charge in [0.15, 0.2) is 5.78 Å². The lowest BCUT2D eigenvalue weighted by atomic mass is 9.96. The number of ketones is 1. The van der Waals surface area contributed by atoms with Gasteiger partial charge >= 0.3 is 0 Å². The fourth-order valence-electron chi connectivity index (χ4n) is 3.97. The third kappa shape index (κ3) is 2.26. The van der Waals surface area contributed by atoms with E-state index < -0.39 is 0 Å². The molecule has 0 aliphatic carbocycles. The Kier molecular flexibility index (Phi) is 3.39. The highest BCUT2D eigenvalue weighted by Crippen LogP contribution is 2.35. The molecule has 3 aromatic rings. The first kappa shape index (κ1) is 15.3. The number of benzene rings is 2. The maximum Gasteiger partial charge on any atom is 0.256 e. The molecule has 3 heterocycles. The van der Waals surface area contributed by atoms with Crippen molar-refractivity contribution in [1.29, 1.82) is 0 Å². The van der Waals surface area contributed by atoms with Gasteiger partial charge in [-0.3, -0.25) is 14.3 Å². The Labute approximate surface area is 150 Å². The Bertz CT molecular complexity index is 1050. The van der Waals surface area contributed by atoms with Crippen molar-refractivity contribution in [2.75, 3.05) is 18.4 Å². The Morgan fingerprint density at radius 2 is 2.00 bits per heavy atom. The molecule has 2 N–H and O–H groups in total. The van der Waals surface area contributed by atoms with Crippen molar-refractivity contribution in [2.45, 2.75) is 18.9 Å². The number of hydrogen-bond donors (Lipinski definition) is 2. The number of carbonyl (C=O) groups is 2. The molecule has 1 fully saturated rings. The van der Waals surface area contributed by atoms with Crippen molar-refractivity contribution in [3.05, 3.63) is 59.4 Å². The molecule has 1 aromatic heterocycles. The van der Waals surface area contributed by atoms with E-state index in [-0.39, 0.29) is 11.7 Å². The summed E-state index contributed by atoms with van der Waals surface area (Å²) in [6.45, 7) is 1.95. The third-order valence-corrected chi connectivity index (χ3v) is 5.32. The summed E-state index contributed by atoms with van der Waals surface area (Å²) in [5.74, 6) is -0.179. The lowest BCUT2D eigenvalue weighted by molar-refractivity contribution is 0.102. The normalized spacial score (nSPS) is 16.8. The molecule has 2 aliphatic rings. The van der Waals surface area contributed by atoms with Crippen LogP contribution in [0.1, 0.15) is 45.2 Å². The van der Waals surface area contributed by atoms with Gasteiger partial charge in [0.1, 0.15) is 0 Å². The summed E-state index contributed by atoms with van der Waals surface area (Å²) in [6, 6.07) is 9.44. The van der Waals surface area contributed by atoms with Crippen LogP contribution in [0.5, 0.6) is 0 Å². The van der Waals surface area contributed by atoms with Crippen molar-refractivity contribution in [3.63, 3.8) is 0 Å². The SMILES string of the molecule is O=C(c1cnn(C2CCNCC2)c1)c1ccc2c3c(cccc13)C(=O)N2. The number of carbonyl (C=O) groups excluding carboxylic acids is 2. The average Bonchev–Trinajstić information content (AvgIpc) is 3.29. The second-order valence-corrected chi connectivity index (χ2v) is 6.86. The Morgan fingerprint density at radius 1 is 1.15 bits per heavy atom. The second kappa shape index (κ2) is 5.78. The Morgan fingerprint density at radius 3 is 2.85 bits per heavy atom. The van der Waals surface area contributed by atoms with Crippen LogP contribution in [0, 0.1) is 0 Å². The van der Waals surface area contributed by atoms with Crippen LogP contribution < -0.4 is 10.6 Å². The molecule has 0 spiro atoms. The molecular formula is C20H18N4O2. The highest BCUT2D eigenvalue weighted by Gasteiger charge is 2.25. The fraction of sp³-hybridized carbons (Fsp3) is 0.250. The van der Waals surface area contributed by atoms with Gasteiger partial charge in [0, 0.05) is 28.4 Å². The lowest BCUT2D eigenvalue weighted by Crippen LogP contribution is -2.29. The Hall–Kier alpha value is -2.99. The number of rotatable bonds is 3. The summed E-state index contributed by atoms with van der Waals surface area (Å²) in [5.41, 5.74) is 2.58. The van der Waals surface area contributed by atoms with Crippen LogP contribution in [0.25, 0.3) is 10.8 Å². The molecule has 2 aliphatic heterocycles. The summed E-state index contributed by atoms with van der Waals surface area (Å²) in [4.78, 5) is 25.2. The van der Waals surface area contributed by atoms with E-state index in [1.165, 1.54) is 0 Å². The summed E-state index contributed by atoms with van der Waals surface area (Å²) >= 11 is 0. The zero-order valence-corrected chi connectivity index (χ0v) is 14.2. The Balaban J connectivity index is 1.55. The van der Waals surface area contributed by atoms with Gasteiger partial charge in [0.2, 0.25) is 0 Å². The van der Waals surface area contributed by atoms with E-state index in [4.69, 9.17) is 0 Å². The summed E-state index contributed by atoms with van der Waals surface area (Å²) in [5, 5.41) is 12.2. The smallest absolute Gasteiger partial charge is 0.256 e. The van der Waals surface area contributed by atoms with E-state index in [9.17, 15) is 9.59 Å². The van der Waals surface area contributed by atoms with Gasteiger partial charge in [-0.1, -0.05) is 12.1 Å². The number of piperidine rings is 1. The van der Waals surface area contributed by atoms with Gasteiger partial charge in [0.05, 0.1) is 17.8 Å². The molecule has 2 aromatic carbocycles. The number of nitrogens with one attached hydrogen (secondary N) is 2. The monoisotopic (exact) mass is 346 g/mol. The molecule has 6 heteroatoms. The average molecular weight is 346 g/mol. The highest BCUT2D eigenvalue weighted by atomic mass is 16.2. The first-order chi connectivity index (χ1) is 12.7. The van der Waals surface area contributed by atoms with Gasteiger partial charge in [-0.05, 0) is 49.5 Å². The molecule has 0 bridgehead atoms. The zero-order chi connectivity index (χ0) is 17.7. The van der Waals surface area contributed by atoms with E-state index in [0.717, 1.165) is 42.4 Å². The van der Waals surface area contributed by atoms with Crippen LogP contribution in [-0.2, 0) is 0 Å². The molecule has 0 unspecified atom stereocenters. The van der Waals surface area contributed by atoms with Crippen LogP contribution in [-0.4, -0.2) is 34.6 Å². The van der Waals surface area contributed by atoms with E-state index >= 15 is 0 Å². The van der Waals surface area contributed by atoms with Crippen LogP contribution in [0.15, 0.2) is 42.7 Å². The molecular weight excluding hydrogens is 328 g/mol. The van der Waals surface area contributed by atoms with Crippen molar-refractivity contribution in [2.24, 2.45) is 0 Å². The summed E-state index contributed by atoms with van der Waals surface area (Å²) in [6.07, 6.45) is 5.54. The molecule has 0 radical (unpaired) electrons. The number of nitrogens with zero attached hydrogens (tertiary/aromatic N) is 2. The van der Waals surface area contributed by atoms with Crippen molar-refractivity contribution < 1.29 is 9.59 Å². The maximum atomic E-state index is 13.1. The number of amides is 1. The number of hydrogen-bond acceptors (Lipinski definition) is 4. The maximum absolute atomic E-state index is 13.1. The molecule has 1 amide bonds. The van der Waals surface area contributed by atoms with E-state index in [1.54, 1.807) is 24.4 Å². The van der Waals surface area contributed by atoms with E-state index in [2.05, 4.69) is 15.7 Å². The first-order valence-electron chi connectivity index (χ1n) is 8.89. The van der Waals surface area contributed by atoms with E-state index in [1.807, 2.05) is 23.0 Å². The molecule has 6 nitrogen and oxygen atoms in total. The molecule has 130 valence electrons. The largest absolute Gasteiger partial charge is 0.321 e. The first-order valence-corrected chi connectivity index (χ1v) is 8.89. The molecule has 0 saturated carbocycles. The molecule has 0 atom stereocenters. The van der Waals surface area contributed by atoms with Gasteiger partial charge < -0.3 is 10.6 Å². The second-order valence-electron chi connectivity index (χ2n) is 6.86. The zero-order valence-electron chi connectivity index (χ0n) is 14.2. The minimum absolute atomic E-state index is 0.0618. The molecule has 1 saturated heterocycles. The highest BCUT2D eigenvalue weighted by molar-refractivity contribution is 6.27. The molecule has 26 heavy (non-hydrogen) atoms. The van der Waals surface area contributed by atoms with Crippen LogP contribution >= 0.6 is 0 Å². The minimum atomic E-state index is -0.117. The summed E-state index contributed by atoms with van der Waals surface area (Å²) in [7, 11) is 0. The predicted molar refractivity (Wildman–Crippen MR) is 98.7 cm³/mol. The number of aromatic nitrogens is 2. The van der Waals surface area contributed by atoms with Crippen molar-refractivity contribution in [1.82, 2.24) is 15.1 Å².